The van der Waals surface area contributed by atoms with Gasteiger partial charge in [-0.15, -0.1) is 0 Å². The van der Waals surface area contributed by atoms with E-state index in [1.54, 1.807) is 29.2 Å². The molecule has 40 heavy (non-hydrogen) atoms. The lowest BCUT2D eigenvalue weighted by Gasteiger charge is -2.31. The second-order valence-corrected chi connectivity index (χ2v) is 9.31. The predicted molar refractivity (Wildman–Crippen MR) is 143 cm³/mol. The number of piperazine rings is 1. The smallest absolute Gasteiger partial charge is 0.390 e. The molecule has 0 saturated carbocycles. The maximum atomic E-state index is 14.3. The van der Waals surface area contributed by atoms with Crippen molar-refractivity contribution in [3.8, 4) is 16.9 Å². The predicted octanol–water partition coefficient (Wildman–Crippen LogP) is 2.60. The van der Waals surface area contributed by atoms with Crippen LogP contribution in [-0.4, -0.2) is 55.8 Å². The average molecular weight is 550 g/mol. The summed E-state index contributed by atoms with van der Waals surface area (Å²) in [6.07, 6.45) is -1.91. The SMILES string of the molecule is O=c1[nH]c(=O)n(-c2ccc(N3CCNCC3)c(C(F)(F)F)c2)c2c1cnc1ccc(-c3ccc(CO)nc3)nc12. The van der Waals surface area contributed by atoms with Crippen LogP contribution in [0.1, 0.15) is 11.3 Å². The summed E-state index contributed by atoms with van der Waals surface area (Å²) >= 11 is 0. The summed E-state index contributed by atoms with van der Waals surface area (Å²) in [6, 6.07) is 10.3. The van der Waals surface area contributed by atoms with Crippen molar-refractivity contribution in [2.45, 2.75) is 12.8 Å². The highest BCUT2D eigenvalue weighted by Gasteiger charge is 2.36. The van der Waals surface area contributed by atoms with Crippen LogP contribution in [0.3, 0.4) is 0 Å². The number of hydrogen-bond donors (Lipinski definition) is 3. The summed E-state index contributed by atoms with van der Waals surface area (Å²) in [5.41, 5.74) is -0.582. The Balaban J connectivity index is 1.61. The Hall–Kier alpha value is -4.62. The number of pyridine rings is 3. The van der Waals surface area contributed by atoms with Crippen LogP contribution in [0.15, 0.2) is 64.4 Å². The molecule has 0 bridgehead atoms. The van der Waals surface area contributed by atoms with Crippen molar-refractivity contribution in [3.63, 3.8) is 0 Å². The number of alkyl halides is 3. The number of aliphatic hydroxyl groups excluding tert-OH is 1. The van der Waals surface area contributed by atoms with Crippen LogP contribution in [0.25, 0.3) is 38.9 Å². The number of nitrogens with one attached hydrogen (secondary N) is 2. The Bertz CT molecular complexity index is 1860. The Labute approximate surface area is 223 Å². The van der Waals surface area contributed by atoms with Crippen molar-refractivity contribution in [1.29, 1.82) is 0 Å². The number of benzene rings is 1. The van der Waals surface area contributed by atoms with Gasteiger partial charge in [-0.3, -0.25) is 24.3 Å². The summed E-state index contributed by atoms with van der Waals surface area (Å²) in [7, 11) is 0. The molecule has 1 aromatic carbocycles. The zero-order chi connectivity index (χ0) is 28.0. The molecular formula is C27H22F3N7O3. The number of rotatable bonds is 4. The molecule has 0 amide bonds. The fraction of sp³-hybridized carbons (Fsp3) is 0.222. The Morgan fingerprint density at radius 3 is 2.48 bits per heavy atom. The summed E-state index contributed by atoms with van der Waals surface area (Å²) in [4.78, 5) is 42.9. The van der Waals surface area contributed by atoms with E-state index in [2.05, 4.69) is 25.3 Å². The monoisotopic (exact) mass is 549 g/mol. The molecule has 0 atom stereocenters. The zero-order valence-corrected chi connectivity index (χ0v) is 20.9. The fourth-order valence-electron chi connectivity index (χ4n) is 4.92. The minimum absolute atomic E-state index is 0.00903. The van der Waals surface area contributed by atoms with Crippen molar-refractivity contribution < 1.29 is 18.3 Å². The van der Waals surface area contributed by atoms with E-state index in [0.717, 1.165) is 10.6 Å². The lowest BCUT2D eigenvalue weighted by atomic mass is 10.1. The van der Waals surface area contributed by atoms with Gasteiger partial charge in [0.2, 0.25) is 0 Å². The van der Waals surface area contributed by atoms with Crippen LogP contribution in [0, 0.1) is 0 Å². The van der Waals surface area contributed by atoms with Gasteiger partial charge in [0.05, 0.1) is 45.7 Å². The van der Waals surface area contributed by atoms with Crippen molar-refractivity contribution in [2.24, 2.45) is 0 Å². The van der Waals surface area contributed by atoms with E-state index in [1.807, 2.05) is 0 Å². The number of aliphatic hydroxyl groups is 1. The lowest BCUT2D eigenvalue weighted by Crippen LogP contribution is -2.44. The molecule has 0 spiro atoms. The van der Waals surface area contributed by atoms with Crippen LogP contribution < -0.4 is 21.5 Å². The number of aromatic amines is 1. The van der Waals surface area contributed by atoms with Crippen LogP contribution in [0.4, 0.5) is 18.9 Å². The molecule has 0 aliphatic carbocycles. The number of nitrogens with zero attached hydrogens (tertiary/aromatic N) is 5. The van der Waals surface area contributed by atoms with E-state index in [-0.39, 0.29) is 34.4 Å². The number of fused-ring (bicyclic) bond motifs is 3. The van der Waals surface area contributed by atoms with Gasteiger partial charge in [0.25, 0.3) is 5.56 Å². The van der Waals surface area contributed by atoms with E-state index in [4.69, 9.17) is 0 Å². The molecule has 6 rings (SSSR count). The van der Waals surface area contributed by atoms with Gasteiger partial charge in [-0.25, -0.2) is 9.78 Å². The second kappa shape index (κ2) is 9.84. The molecule has 5 aromatic rings. The molecule has 1 fully saturated rings. The van der Waals surface area contributed by atoms with Crippen molar-refractivity contribution >= 4 is 27.6 Å². The first-order valence-corrected chi connectivity index (χ1v) is 12.4. The summed E-state index contributed by atoms with van der Waals surface area (Å²) in [5.74, 6) is 0. The minimum atomic E-state index is -4.69. The first-order chi connectivity index (χ1) is 19.2. The number of aromatic nitrogens is 5. The Morgan fingerprint density at radius 2 is 1.77 bits per heavy atom. The van der Waals surface area contributed by atoms with Crippen molar-refractivity contribution in [1.82, 2.24) is 29.8 Å². The molecule has 5 heterocycles. The highest BCUT2D eigenvalue weighted by Crippen LogP contribution is 2.38. The van der Waals surface area contributed by atoms with E-state index >= 15 is 0 Å². The van der Waals surface area contributed by atoms with Crippen molar-refractivity contribution in [3.05, 3.63) is 87.0 Å². The van der Waals surface area contributed by atoms with Gasteiger partial charge in [-0.05, 0) is 42.5 Å². The number of H-pyrrole nitrogens is 1. The standard InChI is InChI=1S/C27H22F3N7O3/c28-27(29,30)19-11-17(3-6-22(19)36-9-7-31-8-10-36)37-24-18(25(39)35-26(37)40)13-33-21-5-4-20(34-23(21)24)15-1-2-16(14-38)32-12-15/h1-6,11-13,31,38H,7-10,14H2,(H,35,39,40). The van der Waals surface area contributed by atoms with Crippen LogP contribution in [0.2, 0.25) is 0 Å². The zero-order valence-electron chi connectivity index (χ0n) is 20.9. The van der Waals surface area contributed by atoms with Crippen LogP contribution >= 0.6 is 0 Å². The first kappa shape index (κ1) is 25.6. The molecular weight excluding hydrogens is 527 g/mol. The van der Waals surface area contributed by atoms with E-state index in [9.17, 15) is 27.9 Å². The second-order valence-electron chi connectivity index (χ2n) is 9.31. The van der Waals surface area contributed by atoms with Gasteiger partial charge >= 0.3 is 11.9 Å². The van der Waals surface area contributed by atoms with Gasteiger partial charge in [-0.1, -0.05) is 0 Å². The van der Waals surface area contributed by atoms with E-state index in [1.165, 1.54) is 24.5 Å². The first-order valence-electron chi connectivity index (χ1n) is 12.4. The molecule has 1 saturated heterocycles. The number of halogens is 3. The highest BCUT2D eigenvalue weighted by atomic mass is 19.4. The normalized spacial score (nSPS) is 14.2. The van der Waals surface area contributed by atoms with Gasteiger partial charge < -0.3 is 15.3 Å². The largest absolute Gasteiger partial charge is 0.418 e. The Morgan fingerprint density at radius 1 is 0.975 bits per heavy atom. The third-order valence-corrected chi connectivity index (χ3v) is 6.86. The number of hydrogen-bond acceptors (Lipinski definition) is 8. The minimum Gasteiger partial charge on any atom is -0.390 e. The molecule has 204 valence electrons. The molecule has 0 radical (unpaired) electrons. The fourth-order valence-corrected chi connectivity index (χ4v) is 4.92. The quantitative estimate of drug-likeness (QED) is 0.292. The summed E-state index contributed by atoms with van der Waals surface area (Å²) in [5, 5.41) is 12.4. The molecule has 4 aromatic heterocycles. The molecule has 3 N–H and O–H groups in total. The van der Waals surface area contributed by atoms with E-state index in [0.29, 0.717) is 48.6 Å². The van der Waals surface area contributed by atoms with Gasteiger partial charge in [0.1, 0.15) is 5.52 Å². The molecule has 1 aliphatic heterocycles. The molecule has 13 heteroatoms. The van der Waals surface area contributed by atoms with Crippen LogP contribution in [-0.2, 0) is 12.8 Å². The van der Waals surface area contributed by atoms with E-state index < -0.39 is 23.0 Å². The number of anilines is 1. The van der Waals surface area contributed by atoms with Gasteiger partial charge in [0.15, 0.2) is 0 Å². The molecule has 0 unspecified atom stereocenters. The van der Waals surface area contributed by atoms with Gasteiger partial charge in [-0.2, -0.15) is 13.2 Å². The average Bonchev–Trinajstić information content (AvgIpc) is 2.96. The lowest BCUT2D eigenvalue weighted by molar-refractivity contribution is -0.137. The molecule has 10 nitrogen and oxygen atoms in total. The van der Waals surface area contributed by atoms with Gasteiger partial charge in [0, 0.05) is 49.8 Å². The topological polar surface area (TPSA) is 129 Å². The third-order valence-electron chi connectivity index (χ3n) is 6.86. The summed E-state index contributed by atoms with van der Waals surface area (Å²) < 4.78 is 43.9. The Kier molecular flexibility index (Phi) is 6.31. The maximum Gasteiger partial charge on any atom is 0.418 e. The van der Waals surface area contributed by atoms with Crippen LogP contribution in [0.5, 0.6) is 0 Å². The summed E-state index contributed by atoms with van der Waals surface area (Å²) in [6.45, 7) is 1.67. The molecule has 1 aliphatic rings. The maximum absolute atomic E-state index is 14.3. The van der Waals surface area contributed by atoms with Crippen molar-refractivity contribution in [2.75, 3.05) is 31.1 Å². The highest BCUT2D eigenvalue weighted by molar-refractivity contribution is 6.01. The third kappa shape index (κ3) is 4.48.